The number of nitrogens with zero attached hydrogens (tertiary/aromatic N) is 1. The molecule has 0 saturated carbocycles. The summed E-state index contributed by atoms with van der Waals surface area (Å²) < 4.78 is 0. The molecular weight excluding hydrogens is 336 g/mol. The van der Waals surface area contributed by atoms with E-state index in [9.17, 15) is 9.59 Å². The van der Waals surface area contributed by atoms with Crippen molar-refractivity contribution >= 4 is 23.4 Å². The Bertz CT molecular complexity index is 810. The molecule has 132 valence electrons. The van der Waals surface area contributed by atoms with Gasteiger partial charge in [-0.1, -0.05) is 35.4 Å². The fourth-order valence-electron chi connectivity index (χ4n) is 2.45. The maximum Gasteiger partial charge on any atom is 0.272 e. The summed E-state index contributed by atoms with van der Waals surface area (Å²) in [6, 6.07) is 12.4. The largest absolute Gasteiger partial charge is 0.272 e. The van der Waals surface area contributed by atoms with Gasteiger partial charge in [0.1, 0.15) is 0 Å². The summed E-state index contributed by atoms with van der Waals surface area (Å²) in [6.45, 7) is 9.30. The highest BCUT2D eigenvalue weighted by Crippen LogP contribution is 2.20. The SMILES string of the molecule is Cc1cccc(C(=O)N(NC(=O)c2cccc(Cl)c2C)C(C)(C)C)c1. The van der Waals surface area contributed by atoms with E-state index in [1.165, 1.54) is 5.01 Å². The Labute approximate surface area is 153 Å². The fraction of sp³-hybridized carbons (Fsp3) is 0.300. The van der Waals surface area contributed by atoms with Crippen LogP contribution in [0.2, 0.25) is 5.02 Å². The molecule has 1 N–H and O–H groups in total. The van der Waals surface area contributed by atoms with Gasteiger partial charge < -0.3 is 0 Å². The monoisotopic (exact) mass is 358 g/mol. The van der Waals surface area contributed by atoms with Crippen LogP contribution in [-0.4, -0.2) is 22.4 Å². The van der Waals surface area contributed by atoms with Crippen molar-refractivity contribution in [2.75, 3.05) is 0 Å². The average Bonchev–Trinajstić information content (AvgIpc) is 2.53. The number of rotatable bonds is 2. The van der Waals surface area contributed by atoms with Gasteiger partial charge in [-0.05, 0) is 64.4 Å². The molecule has 5 heteroatoms. The van der Waals surface area contributed by atoms with Gasteiger partial charge in [-0.15, -0.1) is 0 Å². The van der Waals surface area contributed by atoms with Crippen molar-refractivity contribution in [3.63, 3.8) is 0 Å². The highest BCUT2D eigenvalue weighted by molar-refractivity contribution is 6.31. The number of amides is 2. The molecule has 0 atom stereocenters. The molecule has 0 radical (unpaired) electrons. The smallest absolute Gasteiger partial charge is 0.267 e. The van der Waals surface area contributed by atoms with Crippen molar-refractivity contribution in [3.05, 3.63) is 69.7 Å². The van der Waals surface area contributed by atoms with Gasteiger partial charge in [0, 0.05) is 16.1 Å². The van der Waals surface area contributed by atoms with Crippen LogP contribution in [0.15, 0.2) is 42.5 Å². The van der Waals surface area contributed by atoms with Crippen molar-refractivity contribution in [2.24, 2.45) is 0 Å². The maximum absolute atomic E-state index is 12.9. The van der Waals surface area contributed by atoms with Gasteiger partial charge in [-0.2, -0.15) is 0 Å². The maximum atomic E-state index is 12.9. The van der Waals surface area contributed by atoms with Gasteiger partial charge in [0.2, 0.25) is 0 Å². The first-order valence-electron chi connectivity index (χ1n) is 8.08. The molecule has 25 heavy (non-hydrogen) atoms. The summed E-state index contributed by atoms with van der Waals surface area (Å²) in [5, 5.41) is 1.88. The van der Waals surface area contributed by atoms with E-state index >= 15 is 0 Å². The average molecular weight is 359 g/mol. The van der Waals surface area contributed by atoms with Crippen LogP contribution in [0.4, 0.5) is 0 Å². The predicted molar refractivity (Wildman–Crippen MR) is 101 cm³/mol. The molecule has 2 aromatic rings. The van der Waals surface area contributed by atoms with Crippen LogP contribution < -0.4 is 5.43 Å². The van der Waals surface area contributed by atoms with Crippen molar-refractivity contribution in [1.82, 2.24) is 10.4 Å². The number of hydrogen-bond donors (Lipinski definition) is 1. The Morgan fingerprint density at radius 2 is 1.68 bits per heavy atom. The van der Waals surface area contributed by atoms with E-state index in [-0.39, 0.29) is 11.8 Å². The van der Waals surface area contributed by atoms with Gasteiger partial charge in [0.25, 0.3) is 11.8 Å². The number of benzene rings is 2. The second-order valence-electron chi connectivity index (χ2n) is 7.03. The molecule has 2 aromatic carbocycles. The van der Waals surface area contributed by atoms with Gasteiger partial charge in [0.05, 0.1) is 5.54 Å². The molecule has 0 fully saturated rings. The van der Waals surface area contributed by atoms with Crippen LogP contribution in [0.3, 0.4) is 0 Å². The van der Waals surface area contributed by atoms with Crippen molar-refractivity contribution < 1.29 is 9.59 Å². The highest BCUT2D eigenvalue weighted by atomic mass is 35.5. The molecule has 0 spiro atoms. The second kappa shape index (κ2) is 7.28. The number of carbonyl (C=O) groups is 2. The molecule has 0 heterocycles. The lowest BCUT2D eigenvalue weighted by molar-refractivity contribution is 0.0358. The first kappa shape index (κ1) is 19.0. The van der Waals surface area contributed by atoms with Gasteiger partial charge in [-0.3, -0.25) is 15.0 Å². The van der Waals surface area contributed by atoms with Crippen LogP contribution in [0.25, 0.3) is 0 Å². The molecule has 4 nitrogen and oxygen atoms in total. The molecule has 0 aliphatic rings. The molecule has 0 unspecified atom stereocenters. The van der Waals surface area contributed by atoms with Crippen LogP contribution in [0.5, 0.6) is 0 Å². The lowest BCUT2D eigenvalue weighted by Gasteiger charge is -2.35. The third kappa shape index (κ3) is 4.40. The Morgan fingerprint density at radius 1 is 1.04 bits per heavy atom. The Morgan fingerprint density at radius 3 is 2.28 bits per heavy atom. The zero-order chi connectivity index (χ0) is 18.8. The van der Waals surface area contributed by atoms with Gasteiger partial charge in [0.15, 0.2) is 0 Å². The van der Waals surface area contributed by atoms with Crippen LogP contribution in [-0.2, 0) is 0 Å². The minimum Gasteiger partial charge on any atom is -0.267 e. The molecule has 0 bridgehead atoms. The Kier molecular flexibility index (Phi) is 5.53. The van der Waals surface area contributed by atoms with E-state index in [0.717, 1.165) is 5.56 Å². The summed E-state index contributed by atoms with van der Waals surface area (Å²) in [7, 11) is 0. The number of hydrogen-bond acceptors (Lipinski definition) is 2. The molecule has 0 aliphatic heterocycles. The van der Waals surface area contributed by atoms with E-state index in [4.69, 9.17) is 11.6 Å². The second-order valence-corrected chi connectivity index (χ2v) is 7.44. The number of carbonyl (C=O) groups excluding carboxylic acids is 2. The van der Waals surface area contributed by atoms with Crippen LogP contribution in [0, 0.1) is 13.8 Å². The number of nitrogens with one attached hydrogen (secondary N) is 1. The first-order valence-corrected chi connectivity index (χ1v) is 8.46. The lowest BCUT2D eigenvalue weighted by atomic mass is 10.0. The van der Waals surface area contributed by atoms with E-state index in [2.05, 4.69) is 5.43 Å². The third-order valence-corrected chi connectivity index (χ3v) is 4.27. The van der Waals surface area contributed by atoms with Crippen LogP contribution in [0.1, 0.15) is 52.6 Å². The highest BCUT2D eigenvalue weighted by Gasteiger charge is 2.30. The van der Waals surface area contributed by atoms with Crippen molar-refractivity contribution in [2.45, 2.75) is 40.2 Å². The standard InChI is InChI=1S/C20H23ClN2O2/c1-13-8-6-9-15(12-13)19(25)23(20(3,4)5)22-18(24)16-10-7-11-17(21)14(16)2/h6-12H,1-5H3,(H,22,24). The van der Waals surface area contributed by atoms with Gasteiger partial charge >= 0.3 is 0 Å². The zero-order valence-corrected chi connectivity index (χ0v) is 15.9. The molecule has 2 amide bonds. The van der Waals surface area contributed by atoms with Crippen molar-refractivity contribution in [1.29, 1.82) is 0 Å². The lowest BCUT2D eigenvalue weighted by Crippen LogP contribution is -2.56. The summed E-state index contributed by atoms with van der Waals surface area (Å²) in [5.41, 5.74) is 4.78. The fourth-order valence-corrected chi connectivity index (χ4v) is 2.62. The van der Waals surface area contributed by atoms with E-state index in [0.29, 0.717) is 21.7 Å². The molecule has 0 aromatic heterocycles. The summed E-state index contributed by atoms with van der Waals surface area (Å²) >= 11 is 6.10. The predicted octanol–water partition coefficient (Wildman–Crippen LogP) is 4.54. The number of hydrazine groups is 1. The third-order valence-electron chi connectivity index (χ3n) is 3.86. The molecule has 0 aliphatic carbocycles. The molecule has 2 rings (SSSR count). The summed E-state index contributed by atoms with van der Waals surface area (Å²) in [6.07, 6.45) is 0. The topological polar surface area (TPSA) is 49.4 Å². The minimum atomic E-state index is -0.594. The van der Waals surface area contributed by atoms with E-state index in [1.807, 2.05) is 39.8 Å². The van der Waals surface area contributed by atoms with Crippen LogP contribution >= 0.6 is 11.6 Å². The first-order chi connectivity index (χ1) is 11.6. The number of aryl methyl sites for hydroxylation is 1. The van der Waals surface area contributed by atoms with Gasteiger partial charge in [-0.25, -0.2) is 5.01 Å². The van der Waals surface area contributed by atoms with E-state index in [1.54, 1.807) is 37.3 Å². The normalized spacial score (nSPS) is 11.1. The Hall–Kier alpha value is -2.33. The zero-order valence-electron chi connectivity index (χ0n) is 15.2. The summed E-state index contributed by atoms with van der Waals surface area (Å²) in [4.78, 5) is 25.7. The van der Waals surface area contributed by atoms with E-state index < -0.39 is 5.54 Å². The number of halogens is 1. The quantitative estimate of drug-likeness (QED) is 0.801. The molecule has 0 saturated heterocycles. The molecular formula is C20H23ClN2O2. The summed E-state index contributed by atoms with van der Waals surface area (Å²) in [5.74, 6) is -0.625. The minimum absolute atomic E-state index is 0.260. The Balaban J connectivity index is 2.34. The van der Waals surface area contributed by atoms with Crippen molar-refractivity contribution in [3.8, 4) is 0 Å².